The molecule has 1 aromatic heterocycles. The standard InChI is InChI=1S/C14H14F3N3/c1-3-10-7-12(20-13(18)19-10)11-6-9(14(15,16)17)5-4-8(11)2/h4-7H,3H2,1-2H3,(H2,18,19,20). The van der Waals surface area contributed by atoms with Gasteiger partial charge >= 0.3 is 6.18 Å². The SMILES string of the molecule is CCc1cc(-c2cc(C(F)(F)F)ccc2C)nc(N)n1. The van der Waals surface area contributed by atoms with Gasteiger partial charge in [-0.15, -0.1) is 0 Å². The number of nitrogens with zero attached hydrogens (tertiary/aromatic N) is 2. The van der Waals surface area contributed by atoms with Gasteiger partial charge in [-0.25, -0.2) is 9.97 Å². The summed E-state index contributed by atoms with van der Waals surface area (Å²) in [5.74, 6) is 0.0659. The Kier molecular flexibility index (Phi) is 3.65. The van der Waals surface area contributed by atoms with Crippen LogP contribution in [0.15, 0.2) is 24.3 Å². The van der Waals surface area contributed by atoms with E-state index in [4.69, 9.17) is 5.73 Å². The Bertz CT molecular complexity index is 636. The van der Waals surface area contributed by atoms with Gasteiger partial charge in [0.1, 0.15) is 0 Å². The summed E-state index contributed by atoms with van der Waals surface area (Å²) in [7, 11) is 0. The van der Waals surface area contributed by atoms with Gasteiger partial charge in [0.2, 0.25) is 5.95 Å². The lowest BCUT2D eigenvalue weighted by Gasteiger charge is -2.12. The second-order valence-electron chi connectivity index (χ2n) is 4.48. The number of benzene rings is 1. The van der Waals surface area contributed by atoms with E-state index in [1.165, 1.54) is 6.07 Å². The quantitative estimate of drug-likeness (QED) is 0.914. The number of aryl methyl sites for hydroxylation is 2. The predicted molar refractivity (Wildman–Crippen MR) is 71.0 cm³/mol. The zero-order chi connectivity index (χ0) is 14.9. The van der Waals surface area contributed by atoms with Gasteiger partial charge < -0.3 is 5.73 Å². The molecule has 1 heterocycles. The fourth-order valence-corrected chi connectivity index (χ4v) is 1.91. The minimum Gasteiger partial charge on any atom is -0.368 e. The van der Waals surface area contributed by atoms with Crippen molar-refractivity contribution in [2.45, 2.75) is 26.4 Å². The lowest BCUT2D eigenvalue weighted by Crippen LogP contribution is -2.06. The number of anilines is 1. The summed E-state index contributed by atoms with van der Waals surface area (Å²) in [5.41, 5.74) is 7.14. The zero-order valence-corrected chi connectivity index (χ0v) is 11.1. The summed E-state index contributed by atoms with van der Waals surface area (Å²) < 4.78 is 38.3. The minimum atomic E-state index is -4.38. The van der Waals surface area contributed by atoms with Crippen LogP contribution in [0.2, 0.25) is 0 Å². The van der Waals surface area contributed by atoms with Crippen molar-refractivity contribution in [3.63, 3.8) is 0 Å². The molecule has 0 saturated carbocycles. The van der Waals surface area contributed by atoms with Crippen molar-refractivity contribution >= 4 is 5.95 Å². The van der Waals surface area contributed by atoms with E-state index in [2.05, 4.69) is 9.97 Å². The van der Waals surface area contributed by atoms with E-state index < -0.39 is 11.7 Å². The van der Waals surface area contributed by atoms with Gasteiger partial charge in [-0.2, -0.15) is 13.2 Å². The van der Waals surface area contributed by atoms with Crippen molar-refractivity contribution in [1.82, 2.24) is 9.97 Å². The normalized spacial score (nSPS) is 11.7. The minimum absolute atomic E-state index is 0.0659. The van der Waals surface area contributed by atoms with Crippen molar-refractivity contribution < 1.29 is 13.2 Å². The average molecular weight is 281 g/mol. The van der Waals surface area contributed by atoms with Crippen molar-refractivity contribution in [3.8, 4) is 11.3 Å². The van der Waals surface area contributed by atoms with Gasteiger partial charge in [-0.3, -0.25) is 0 Å². The second-order valence-corrected chi connectivity index (χ2v) is 4.48. The molecule has 0 atom stereocenters. The molecule has 0 amide bonds. The third-order valence-electron chi connectivity index (χ3n) is 3.00. The van der Waals surface area contributed by atoms with E-state index in [1.54, 1.807) is 13.0 Å². The topological polar surface area (TPSA) is 51.8 Å². The van der Waals surface area contributed by atoms with Gasteiger partial charge in [-0.1, -0.05) is 13.0 Å². The molecule has 0 unspecified atom stereocenters. The van der Waals surface area contributed by atoms with Crippen LogP contribution in [0.4, 0.5) is 19.1 Å². The third kappa shape index (κ3) is 2.89. The predicted octanol–water partition coefficient (Wildman–Crippen LogP) is 3.62. The Labute approximate surface area is 114 Å². The molecule has 3 nitrogen and oxygen atoms in total. The largest absolute Gasteiger partial charge is 0.416 e. The van der Waals surface area contributed by atoms with Crippen LogP contribution in [0.3, 0.4) is 0 Å². The molecule has 20 heavy (non-hydrogen) atoms. The van der Waals surface area contributed by atoms with Gasteiger partial charge in [0.15, 0.2) is 0 Å². The van der Waals surface area contributed by atoms with Crippen LogP contribution in [-0.2, 0) is 12.6 Å². The first-order chi connectivity index (χ1) is 9.31. The molecule has 0 bridgehead atoms. The van der Waals surface area contributed by atoms with Crippen molar-refractivity contribution in [3.05, 3.63) is 41.1 Å². The number of nitrogens with two attached hydrogens (primary N) is 1. The van der Waals surface area contributed by atoms with Crippen LogP contribution in [-0.4, -0.2) is 9.97 Å². The first-order valence-electron chi connectivity index (χ1n) is 6.13. The molecule has 2 N–H and O–H groups in total. The smallest absolute Gasteiger partial charge is 0.368 e. The maximum atomic E-state index is 12.8. The lowest BCUT2D eigenvalue weighted by atomic mass is 10.0. The molecule has 1 aromatic carbocycles. The Morgan fingerprint density at radius 2 is 1.85 bits per heavy atom. The molecule has 6 heteroatoms. The molecule has 0 aliphatic rings. The maximum absolute atomic E-state index is 12.8. The number of alkyl halides is 3. The molecule has 0 aliphatic carbocycles. The lowest BCUT2D eigenvalue weighted by molar-refractivity contribution is -0.137. The van der Waals surface area contributed by atoms with E-state index in [0.717, 1.165) is 12.1 Å². The fourth-order valence-electron chi connectivity index (χ4n) is 1.91. The van der Waals surface area contributed by atoms with Crippen molar-refractivity contribution in [2.75, 3.05) is 5.73 Å². The number of hydrogen-bond acceptors (Lipinski definition) is 3. The van der Waals surface area contributed by atoms with Crippen LogP contribution in [0.1, 0.15) is 23.7 Å². The zero-order valence-electron chi connectivity index (χ0n) is 11.1. The number of rotatable bonds is 2. The monoisotopic (exact) mass is 281 g/mol. The number of hydrogen-bond donors (Lipinski definition) is 1. The Hall–Kier alpha value is -2.11. The van der Waals surface area contributed by atoms with Gasteiger partial charge in [0.05, 0.1) is 11.3 Å². The van der Waals surface area contributed by atoms with Gasteiger partial charge in [0, 0.05) is 11.3 Å². The first kappa shape index (κ1) is 14.3. The van der Waals surface area contributed by atoms with E-state index in [0.29, 0.717) is 28.9 Å². The highest BCUT2D eigenvalue weighted by atomic mass is 19.4. The summed E-state index contributed by atoms with van der Waals surface area (Å²) in [4.78, 5) is 8.06. The molecule has 2 aromatic rings. The summed E-state index contributed by atoms with van der Waals surface area (Å²) in [6.07, 6.45) is -3.74. The highest BCUT2D eigenvalue weighted by Crippen LogP contribution is 2.33. The Morgan fingerprint density at radius 1 is 1.15 bits per heavy atom. The fraction of sp³-hybridized carbons (Fsp3) is 0.286. The molecule has 0 aliphatic heterocycles. The molecule has 2 rings (SSSR count). The van der Waals surface area contributed by atoms with E-state index >= 15 is 0 Å². The summed E-state index contributed by atoms with van der Waals surface area (Å²) in [6.45, 7) is 3.63. The number of halogens is 3. The van der Waals surface area contributed by atoms with Gasteiger partial charge in [-0.05, 0) is 37.1 Å². The summed E-state index contributed by atoms with van der Waals surface area (Å²) >= 11 is 0. The molecule has 0 radical (unpaired) electrons. The van der Waals surface area contributed by atoms with Crippen molar-refractivity contribution in [2.24, 2.45) is 0 Å². The van der Waals surface area contributed by atoms with E-state index in [1.807, 2.05) is 6.92 Å². The second kappa shape index (κ2) is 5.11. The number of aromatic nitrogens is 2. The van der Waals surface area contributed by atoms with E-state index in [-0.39, 0.29) is 5.95 Å². The van der Waals surface area contributed by atoms with E-state index in [9.17, 15) is 13.2 Å². The molecule has 106 valence electrons. The van der Waals surface area contributed by atoms with Crippen LogP contribution < -0.4 is 5.73 Å². The first-order valence-corrected chi connectivity index (χ1v) is 6.13. The molecular formula is C14H14F3N3. The summed E-state index contributed by atoms with van der Waals surface area (Å²) in [5, 5.41) is 0. The molecular weight excluding hydrogens is 267 g/mol. The molecule has 0 saturated heterocycles. The molecule has 0 fully saturated rings. The Balaban J connectivity index is 2.60. The summed E-state index contributed by atoms with van der Waals surface area (Å²) in [6, 6.07) is 5.25. The molecule has 0 spiro atoms. The van der Waals surface area contributed by atoms with Gasteiger partial charge in [0.25, 0.3) is 0 Å². The van der Waals surface area contributed by atoms with Crippen LogP contribution in [0, 0.1) is 6.92 Å². The highest BCUT2D eigenvalue weighted by molar-refractivity contribution is 5.65. The van der Waals surface area contributed by atoms with Crippen molar-refractivity contribution in [1.29, 1.82) is 0 Å². The third-order valence-corrected chi connectivity index (χ3v) is 3.00. The van der Waals surface area contributed by atoms with Crippen LogP contribution in [0.5, 0.6) is 0 Å². The Morgan fingerprint density at radius 3 is 2.45 bits per heavy atom. The van der Waals surface area contributed by atoms with Crippen LogP contribution >= 0.6 is 0 Å². The maximum Gasteiger partial charge on any atom is 0.416 e. The highest BCUT2D eigenvalue weighted by Gasteiger charge is 2.31. The average Bonchev–Trinajstić information content (AvgIpc) is 2.37. The van der Waals surface area contributed by atoms with Crippen LogP contribution in [0.25, 0.3) is 11.3 Å². The number of nitrogen functional groups attached to an aromatic ring is 1.